The molecule has 16 heteroatoms. The third-order valence-corrected chi connectivity index (χ3v) is 9.99. The van der Waals surface area contributed by atoms with Crippen molar-refractivity contribution in [2.45, 2.75) is 25.8 Å². The number of piperidine rings is 1. The fraction of sp³-hybridized carbons (Fsp3) is 0.294. The highest BCUT2D eigenvalue weighted by Crippen LogP contribution is 2.48. The van der Waals surface area contributed by atoms with Crippen molar-refractivity contribution in [3.8, 4) is 22.6 Å². The summed E-state index contributed by atoms with van der Waals surface area (Å²) in [6.07, 6.45) is 7.29. The van der Waals surface area contributed by atoms with E-state index in [1.165, 1.54) is 25.6 Å². The SMILES string of the molecule is C=CC(=O)Nc1cc(N2CCC(N(C)CC)CC2)ccc1Nc1cc2c(cn1)cc(-c1c(Cl)c(OC)cc(OS(C)(=O)=O)c1Cl)c1ncnn12. The van der Waals surface area contributed by atoms with Crippen LogP contribution in [0.2, 0.25) is 10.0 Å². The Kier molecular flexibility index (Phi) is 10.1. The van der Waals surface area contributed by atoms with Crippen LogP contribution in [-0.2, 0) is 14.9 Å². The van der Waals surface area contributed by atoms with Crippen LogP contribution in [0.1, 0.15) is 19.8 Å². The van der Waals surface area contributed by atoms with Crippen LogP contribution in [0, 0.1) is 0 Å². The Hall–Kier alpha value is -4.63. The first-order valence-electron chi connectivity index (χ1n) is 15.8. The molecular weight excluding hydrogens is 703 g/mol. The minimum Gasteiger partial charge on any atom is -0.495 e. The van der Waals surface area contributed by atoms with Crippen LogP contribution in [0.15, 0.2) is 61.6 Å². The molecule has 1 amide bonds. The number of pyridine rings is 2. The number of anilines is 4. The summed E-state index contributed by atoms with van der Waals surface area (Å²) in [6.45, 7) is 8.63. The van der Waals surface area contributed by atoms with Gasteiger partial charge in [-0.25, -0.2) is 14.5 Å². The summed E-state index contributed by atoms with van der Waals surface area (Å²) in [7, 11) is -0.365. The van der Waals surface area contributed by atoms with E-state index in [2.05, 4.69) is 56.1 Å². The lowest BCUT2D eigenvalue weighted by Crippen LogP contribution is -2.43. The van der Waals surface area contributed by atoms with E-state index in [0.717, 1.165) is 44.4 Å². The van der Waals surface area contributed by atoms with Crippen LogP contribution in [0.25, 0.3) is 27.7 Å². The molecule has 0 unspecified atom stereocenters. The number of hydrogen-bond acceptors (Lipinski definition) is 11. The van der Waals surface area contributed by atoms with E-state index in [-0.39, 0.29) is 33.0 Å². The Labute approximate surface area is 299 Å². The molecule has 0 saturated carbocycles. The first-order valence-corrected chi connectivity index (χ1v) is 18.4. The topological polar surface area (TPSA) is 143 Å². The molecule has 0 atom stereocenters. The molecule has 0 bridgehead atoms. The number of hydrogen-bond donors (Lipinski definition) is 2. The lowest BCUT2D eigenvalue weighted by molar-refractivity contribution is -0.111. The molecule has 13 nitrogen and oxygen atoms in total. The number of nitrogens with one attached hydrogen (secondary N) is 2. The van der Waals surface area contributed by atoms with Crippen LogP contribution in [0.3, 0.4) is 0 Å². The summed E-state index contributed by atoms with van der Waals surface area (Å²) < 4.78 is 36.1. The Morgan fingerprint density at radius 2 is 1.84 bits per heavy atom. The maximum absolute atomic E-state index is 12.5. The average molecular weight is 740 g/mol. The fourth-order valence-corrected chi connectivity index (χ4v) is 7.28. The van der Waals surface area contributed by atoms with E-state index in [9.17, 15) is 13.2 Å². The molecule has 0 aliphatic carbocycles. The van der Waals surface area contributed by atoms with E-state index >= 15 is 0 Å². The molecule has 262 valence electrons. The van der Waals surface area contributed by atoms with Gasteiger partial charge in [-0.15, -0.1) is 0 Å². The number of aromatic nitrogens is 4. The van der Waals surface area contributed by atoms with Gasteiger partial charge < -0.3 is 29.4 Å². The van der Waals surface area contributed by atoms with Gasteiger partial charge in [0.25, 0.3) is 0 Å². The van der Waals surface area contributed by atoms with E-state index in [1.54, 1.807) is 22.8 Å². The highest BCUT2D eigenvalue weighted by Gasteiger charge is 2.25. The Balaban J connectivity index is 1.37. The largest absolute Gasteiger partial charge is 0.495 e. The number of halogens is 2. The van der Waals surface area contributed by atoms with Crippen molar-refractivity contribution in [3.63, 3.8) is 0 Å². The lowest BCUT2D eigenvalue weighted by Gasteiger charge is -2.37. The van der Waals surface area contributed by atoms with Crippen LogP contribution < -0.4 is 24.5 Å². The van der Waals surface area contributed by atoms with E-state index in [4.69, 9.17) is 32.1 Å². The number of fused-ring (bicyclic) bond motifs is 3. The number of benzene rings is 2. The van der Waals surface area contributed by atoms with Crippen LogP contribution in [-0.4, -0.2) is 84.9 Å². The van der Waals surface area contributed by atoms with Crippen molar-refractivity contribution >= 4 is 78.7 Å². The minimum absolute atomic E-state index is 0.0491. The van der Waals surface area contributed by atoms with Crippen LogP contribution in [0.5, 0.6) is 11.5 Å². The zero-order chi connectivity index (χ0) is 35.7. The summed E-state index contributed by atoms with van der Waals surface area (Å²) in [5, 5.41) is 11.4. The first kappa shape index (κ1) is 35.2. The quantitative estimate of drug-likeness (QED) is 0.115. The molecule has 6 rings (SSSR count). The molecule has 1 saturated heterocycles. The number of rotatable bonds is 11. The molecule has 2 aromatic carbocycles. The van der Waals surface area contributed by atoms with Gasteiger partial charge in [0.1, 0.15) is 17.9 Å². The maximum atomic E-state index is 12.5. The predicted octanol–water partition coefficient (Wildman–Crippen LogP) is 6.39. The Morgan fingerprint density at radius 3 is 2.52 bits per heavy atom. The fourth-order valence-electron chi connectivity index (χ4n) is 6.11. The van der Waals surface area contributed by atoms with Gasteiger partial charge in [-0.1, -0.05) is 36.7 Å². The number of carbonyl (C=O) groups excluding carboxylic acids is 1. The van der Waals surface area contributed by atoms with Gasteiger partial charge in [-0.3, -0.25) is 4.79 Å². The van der Waals surface area contributed by atoms with Gasteiger partial charge in [-0.2, -0.15) is 13.5 Å². The second-order valence-electron chi connectivity index (χ2n) is 11.9. The highest BCUT2D eigenvalue weighted by atomic mass is 35.5. The molecule has 1 fully saturated rings. The summed E-state index contributed by atoms with van der Waals surface area (Å²) in [5.41, 5.74) is 3.95. The molecule has 4 heterocycles. The van der Waals surface area contributed by atoms with E-state index < -0.39 is 10.1 Å². The molecule has 2 N–H and O–H groups in total. The van der Waals surface area contributed by atoms with Gasteiger partial charge in [-0.05, 0) is 56.8 Å². The van der Waals surface area contributed by atoms with Gasteiger partial charge >= 0.3 is 10.1 Å². The van der Waals surface area contributed by atoms with Gasteiger partial charge in [0, 0.05) is 59.7 Å². The third kappa shape index (κ3) is 7.15. The zero-order valence-electron chi connectivity index (χ0n) is 27.9. The molecule has 1 aliphatic heterocycles. The normalized spacial score (nSPS) is 13.9. The third-order valence-electron chi connectivity index (χ3n) is 8.75. The molecule has 3 aromatic heterocycles. The monoisotopic (exact) mass is 738 g/mol. The standard InChI is InChI=1S/C34H36Cl2N8O5S/c1-6-30(45)41-25-15-22(43-12-10-21(11-13-43)42(3)7-2)8-9-24(25)40-29-16-26-20(18-37-29)14-23(34-38-19-39-44(26)34)31-32(35)27(48-4)17-28(33(31)36)49-50(5,46)47/h6,8-9,14-19,21H,1,7,10-13H2,2-5H3,(H,37,40)(H,41,45). The predicted molar refractivity (Wildman–Crippen MR) is 198 cm³/mol. The molecule has 50 heavy (non-hydrogen) atoms. The molecule has 0 spiro atoms. The van der Waals surface area contributed by atoms with Crippen molar-refractivity contribution in [1.82, 2.24) is 24.5 Å². The molecular formula is C34H36Cl2N8O5S. The van der Waals surface area contributed by atoms with E-state index in [1.807, 2.05) is 18.2 Å². The number of nitrogens with zero attached hydrogens (tertiary/aromatic N) is 6. The molecule has 1 aliphatic rings. The minimum atomic E-state index is -3.92. The van der Waals surface area contributed by atoms with Crippen molar-refractivity contribution in [2.75, 3.05) is 55.6 Å². The van der Waals surface area contributed by atoms with Gasteiger partial charge in [0.2, 0.25) is 5.91 Å². The summed E-state index contributed by atoms with van der Waals surface area (Å²) in [4.78, 5) is 26.3. The van der Waals surface area contributed by atoms with E-state index in [0.29, 0.717) is 45.3 Å². The van der Waals surface area contributed by atoms with Crippen molar-refractivity contribution in [2.24, 2.45) is 0 Å². The maximum Gasteiger partial charge on any atom is 0.306 e. The van der Waals surface area contributed by atoms with Crippen molar-refractivity contribution in [3.05, 3.63) is 71.6 Å². The van der Waals surface area contributed by atoms with Crippen molar-refractivity contribution in [1.29, 1.82) is 0 Å². The summed E-state index contributed by atoms with van der Waals surface area (Å²) in [5.74, 6) is 0.143. The average Bonchev–Trinajstić information content (AvgIpc) is 3.60. The summed E-state index contributed by atoms with van der Waals surface area (Å²) in [6, 6.07) is 11.3. The number of ether oxygens (including phenoxy) is 1. The first-order chi connectivity index (χ1) is 23.9. The summed E-state index contributed by atoms with van der Waals surface area (Å²) >= 11 is 13.4. The highest BCUT2D eigenvalue weighted by molar-refractivity contribution is 7.86. The van der Waals surface area contributed by atoms with Crippen molar-refractivity contribution < 1.29 is 22.1 Å². The lowest BCUT2D eigenvalue weighted by atomic mass is 10.0. The Bertz CT molecular complexity index is 2220. The molecule has 5 aromatic rings. The van der Waals surface area contributed by atoms with Gasteiger partial charge in [0.05, 0.1) is 40.3 Å². The van der Waals surface area contributed by atoms with Crippen LogP contribution >= 0.6 is 23.2 Å². The van der Waals surface area contributed by atoms with Crippen LogP contribution in [0.4, 0.5) is 22.9 Å². The smallest absolute Gasteiger partial charge is 0.306 e. The number of carbonyl (C=O) groups is 1. The second-order valence-corrected chi connectivity index (χ2v) is 14.2. The molecule has 0 radical (unpaired) electrons. The zero-order valence-corrected chi connectivity index (χ0v) is 30.2. The number of amides is 1. The van der Waals surface area contributed by atoms with Gasteiger partial charge in [0.15, 0.2) is 11.4 Å². The number of methoxy groups -OCH3 is 1. The Morgan fingerprint density at radius 1 is 1.10 bits per heavy atom. The second kappa shape index (κ2) is 14.3.